The van der Waals surface area contributed by atoms with Gasteiger partial charge in [-0.25, -0.2) is 0 Å². The van der Waals surface area contributed by atoms with Gasteiger partial charge in [-0.05, 0) is 20.8 Å². The van der Waals surface area contributed by atoms with Crippen LogP contribution in [0.15, 0.2) is 4.99 Å². The van der Waals surface area contributed by atoms with Gasteiger partial charge in [0, 0.05) is 18.3 Å². The Morgan fingerprint density at radius 1 is 1.32 bits per heavy atom. The molecule has 0 aromatic heterocycles. The van der Waals surface area contributed by atoms with Gasteiger partial charge in [0.05, 0.1) is 6.54 Å². The fourth-order valence-corrected chi connectivity index (χ4v) is 1.60. The molecule has 0 fully saturated rings. The standard InChI is InChI=1S/C11H16F3N3O2/c1-10(2,3)16-8(18)7-6-15-4-5-17(7)9(19)11(12,13)14/h6-7H,4-5H2,1-3H3,(H,16,18). The molecule has 1 unspecified atom stereocenters. The number of nitrogens with zero attached hydrogens (tertiary/aromatic N) is 2. The molecule has 1 rings (SSSR count). The van der Waals surface area contributed by atoms with E-state index in [2.05, 4.69) is 10.3 Å². The highest BCUT2D eigenvalue weighted by Crippen LogP contribution is 2.21. The molecule has 0 saturated heterocycles. The zero-order chi connectivity index (χ0) is 14.8. The maximum atomic E-state index is 12.4. The van der Waals surface area contributed by atoms with Crippen LogP contribution in [0.1, 0.15) is 20.8 Å². The molecule has 0 saturated carbocycles. The first-order valence-electron chi connectivity index (χ1n) is 5.72. The maximum absolute atomic E-state index is 12.4. The van der Waals surface area contributed by atoms with Gasteiger partial charge in [0.15, 0.2) is 0 Å². The first-order chi connectivity index (χ1) is 8.52. The minimum Gasteiger partial charge on any atom is -0.349 e. The van der Waals surface area contributed by atoms with Crippen molar-refractivity contribution in [1.29, 1.82) is 0 Å². The van der Waals surface area contributed by atoms with Gasteiger partial charge in [-0.3, -0.25) is 14.6 Å². The largest absolute Gasteiger partial charge is 0.471 e. The summed E-state index contributed by atoms with van der Waals surface area (Å²) in [5.41, 5.74) is -0.602. The number of hydrogen-bond acceptors (Lipinski definition) is 3. The van der Waals surface area contributed by atoms with Crippen LogP contribution >= 0.6 is 0 Å². The number of alkyl halides is 3. The summed E-state index contributed by atoms with van der Waals surface area (Å²) in [6, 6.07) is -1.32. The third kappa shape index (κ3) is 4.22. The Bertz CT molecular complexity index is 399. The van der Waals surface area contributed by atoms with Crippen LogP contribution in [0.2, 0.25) is 0 Å². The predicted octanol–water partition coefficient (Wildman–Crippen LogP) is 0.745. The Labute approximate surface area is 108 Å². The van der Waals surface area contributed by atoms with E-state index in [1.54, 1.807) is 20.8 Å². The molecule has 0 radical (unpaired) electrons. The number of carbonyl (C=O) groups is 2. The van der Waals surface area contributed by atoms with Crippen LogP contribution in [0.5, 0.6) is 0 Å². The SMILES string of the molecule is CC(C)(C)NC(=O)C1C=NCCN1C(=O)C(F)(F)F. The molecule has 1 aliphatic rings. The molecule has 2 amide bonds. The lowest BCUT2D eigenvalue weighted by Crippen LogP contribution is -2.58. The highest BCUT2D eigenvalue weighted by atomic mass is 19.4. The van der Waals surface area contributed by atoms with Crippen molar-refractivity contribution in [2.24, 2.45) is 4.99 Å². The lowest BCUT2D eigenvalue weighted by atomic mass is 10.1. The van der Waals surface area contributed by atoms with Crippen molar-refractivity contribution in [1.82, 2.24) is 10.2 Å². The number of halogens is 3. The number of nitrogens with one attached hydrogen (secondary N) is 1. The van der Waals surface area contributed by atoms with E-state index in [-0.39, 0.29) is 13.1 Å². The van der Waals surface area contributed by atoms with Crippen molar-refractivity contribution in [3.8, 4) is 0 Å². The summed E-state index contributed by atoms with van der Waals surface area (Å²) in [6.07, 6.45) is -3.92. The van der Waals surface area contributed by atoms with Crippen molar-refractivity contribution >= 4 is 18.0 Å². The Hall–Kier alpha value is -1.60. The van der Waals surface area contributed by atoms with E-state index in [9.17, 15) is 22.8 Å². The minimum atomic E-state index is -4.99. The number of amides is 2. The number of hydrogen-bond donors (Lipinski definition) is 1. The molecule has 1 atom stereocenters. The van der Waals surface area contributed by atoms with Crippen molar-refractivity contribution in [3.05, 3.63) is 0 Å². The topological polar surface area (TPSA) is 61.8 Å². The third-order valence-corrected chi connectivity index (χ3v) is 2.32. The molecule has 0 spiro atoms. The van der Waals surface area contributed by atoms with Crippen LogP contribution in [0.3, 0.4) is 0 Å². The molecule has 108 valence electrons. The van der Waals surface area contributed by atoms with Gasteiger partial charge in [0.25, 0.3) is 0 Å². The second-order valence-electron chi connectivity index (χ2n) is 5.24. The Kier molecular flexibility index (Phi) is 4.21. The molecule has 0 aromatic carbocycles. The van der Waals surface area contributed by atoms with Crippen LogP contribution < -0.4 is 5.32 Å². The average Bonchev–Trinajstić information content (AvgIpc) is 2.24. The predicted molar refractivity (Wildman–Crippen MR) is 62.8 cm³/mol. The second-order valence-corrected chi connectivity index (χ2v) is 5.24. The summed E-state index contributed by atoms with van der Waals surface area (Å²) in [6.45, 7) is 4.92. The van der Waals surface area contributed by atoms with Gasteiger partial charge in [0.1, 0.15) is 6.04 Å². The van der Waals surface area contributed by atoms with Gasteiger partial charge in [-0.1, -0.05) is 0 Å². The summed E-state index contributed by atoms with van der Waals surface area (Å²) in [7, 11) is 0. The van der Waals surface area contributed by atoms with Gasteiger partial charge in [-0.2, -0.15) is 13.2 Å². The molecule has 1 aliphatic heterocycles. The first kappa shape index (κ1) is 15.5. The smallest absolute Gasteiger partial charge is 0.349 e. The summed E-state index contributed by atoms with van der Waals surface area (Å²) in [4.78, 5) is 27.4. The zero-order valence-corrected chi connectivity index (χ0v) is 10.9. The summed E-state index contributed by atoms with van der Waals surface area (Å²) in [5, 5.41) is 2.53. The van der Waals surface area contributed by atoms with Crippen LogP contribution in [-0.4, -0.2) is 53.8 Å². The molecular weight excluding hydrogens is 263 g/mol. The van der Waals surface area contributed by atoms with Gasteiger partial charge in [-0.15, -0.1) is 0 Å². The fraction of sp³-hybridized carbons (Fsp3) is 0.727. The quantitative estimate of drug-likeness (QED) is 0.769. The van der Waals surface area contributed by atoms with E-state index in [0.717, 1.165) is 6.21 Å². The monoisotopic (exact) mass is 279 g/mol. The molecule has 1 N–H and O–H groups in total. The van der Waals surface area contributed by atoms with Crippen LogP contribution in [0, 0.1) is 0 Å². The number of aliphatic imine (C=N–C) groups is 1. The van der Waals surface area contributed by atoms with Crippen LogP contribution in [0.4, 0.5) is 13.2 Å². The van der Waals surface area contributed by atoms with E-state index in [4.69, 9.17) is 0 Å². The van der Waals surface area contributed by atoms with Crippen molar-refractivity contribution < 1.29 is 22.8 Å². The van der Waals surface area contributed by atoms with E-state index < -0.39 is 29.6 Å². The Balaban J connectivity index is 2.90. The van der Waals surface area contributed by atoms with E-state index >= 15 is 0 Å². The molecule has 5 nitrogen and oxygen atoms in total. The number of carbonyl (C=O) groups excluding carboxylic acids is 2. The van der Waals surface area contributed by atoms with Gasteiger partial charge in [0.2, 0.25) is 5.91 Å². The Morgan fingerprint density at radius 2 is 1.89 bits per heavy atom. The third-order valence-electron chi connectivity index (χ3n) is 2.32. The molecule has 0 aromatic rings. The maximum Gasteiger partial charge on any atom is 0.471 e. The lowest BCUT2D eigenvalue weighted by molar-refractivity contribution is -0.187. The van der Waals surface area contributed by atoms with Crippen molar-refractivity contribution in [2.45, 2.75) is 38.5 Å². The molecule has 19 heavy (non-hydrogen) atoms. The summed E-state index contributed by atoms with van der Waals surface area (Å²) in [5.74, 6) is -2.69. The molecule has 0 aliphatic carbocycles. The average molecular weight is 279 g/mol. The summed E-state index contributed by atoms with van der Waals surface area (Å²) < 4.78 is 37.3. The van der Waals surface area contributed by atoms with Crippen molar-refractivity contribution in [3.63, 3.8) is 0 Å². The van der Waals surface area contributed by atoms with Gasteiger partial charge >= 0.3 is 12.1 Å². The number of rotatable bonds is 1. The summed E-state index contributed by atoms with van der Waals surface area (Å²) >= 11 is 0. The molecule has 1 heterocycles. The minimum absolute atomic E-state index is 0.0567. The molecule has 8 heteroatoms. The van der Waals surface area contributed by atoms with Crippen molar-refractivity contribution in [2.75, 3.05) is 13.1 Å². The molecule has 0 bridgehead atoms. The normalized spacial score (nSPS) is 20.3. The highest BCUT2D eigenvalue weighted by Gasteiger charge is 2.46. The van der Waals surface area contributed by atoms with E-state index in [1.165, 1.54) is 0 Å². The van der Waals surface area contributed by atoms with Crippen LogP contribution in [0.25, 0.3) is 0 Å². The van der Waals surface area contributed by atoms with E-state index in [0.29, 0.717) is 4.90 Å². The fourth-order valence-electron chi connectivity index (χ4n) is 1.60. The van der Waals surface area contributed by atoms with E-state index in [1.807, 2.05) is 0 Å². The Morgan fingerprint density at radius 3 is 2.37 bits per heavy atom. The highest BCUT2D eigenvalue weighted by molar-refractivity contribution is 6.02. The second kappa shape index (κ2) is 5.18. The zero-order valence-electron chi connectivity index (χ0n) is 10.9. The first-order valence-corrected chi connectivity index (χ1v) is 5.72. The lowest BCUT2D eigenvalue weighted by Gasteiger charge is -2.33. The van der Waals surface area contributed by atoms with Crippen LogP contribution in [-0.2, 0) is 9.59 Å². The van der Waals surface area contributed by atoms with Gasteiger partial charge < -0.3 is 10.2 Å². The molecular formula is C11H16F3N3O2.